The van der Waals surface area contributed by atoms with Gasteiger partial charge in [0, 0.05) is 31.9 Å². The number of amides is 1. The highest BCUT2D eigenvalue weighted by Gasteiger charge is 2.17. The molecule has 2 aromatic rings. The molecule has 0 aliphatic rings. The Labute approximate surface area is 153 Å². The van der Waals surface area contributed by atoms with Gasteiger partial charge in [0.15, 0.2) is 0 Å². The summed E-state index contributed by atoms with van der Waals surface area (Å²) in [6.07, 6.45) is 1.12. The first kappa shape index (κ1) is 19.7. The molecule has 0 unspecified atom stereocenters. The van der Waals surface area contributed by atoms with Crippen LogP contribution in [0.3, 0.4) is 0 Å². The van der Waals surface area contributed by atoms with Gasteiger partial charge < -0.3 is 10.2 Å². The molecule has 0 aliphatic carbocycles. The van der Waals surface area contributed by atoms with Gasteiger partial charge in [-0.05, 0) is 48.5 Å². The van der Waals surface area contributed by atoms with Gasteiger partial charge in [-0.15, -0.1) is 0 Å². The Morgan fingerprint density at radius 3 is 2.04 bits per heavy atom. The van der Waals surface area contributed by atoms with Crippen LogP contribution in [0.1, 0.15) is 10.4 Å². The normalized spacial score (nSPS) is 11.1. The average molecular weight is 379 g/mol. The molecule has 0 atom stereocenters. The fourth-order valence-electron chi connectivity index (χ4n) is 2.38. The van der Waals surface area contributed by atoms with E-state index < -0.39 is 15.8 Å². The quantitative estimate of drug-likeness (QED) is 0.800. The summed E-state index contributed by atoms with van der Waals surface area (Å²) in [7, 11) is 0.294. The molecule has 140 valence electrons. The summed E-state index contributed by atoms with van der Waals surface area (Å²) in [5, 5.41) is 2.64. The summed E-state index contributed by atoms with van der Waals surface area (Å²) in [6, 6.07) is 12.2. The summed E-state index contributed by atoms with van der Waals surface area (Å²) in [5.74, 6) is -0.813. The smallest absolute Gasteiger partial charge is 0.251 e. The topological polar surface area (TPSA) is 69.7 Å². The average Bonchev–Trinajstić information content (AvgIpc) is 2.58. The van der Waals surface area contributed by atoms with Gasteiger partial charge in [-0.3, -0.25) is 9.10 Å². The second kappa shape index (κ2) is 8.18. The monoisotopic (exact) mass is 379 g/mol. The Bertz CT molecular complexity index is 850. The standard InChI is InChI=1S/C18H22FN3O3S/c1-21(2)16-8-10-17(11-9-16)22(26(3,24)25)13-12-20-18(23)14-4-6-15(19)7-5-14/h4-11H,12-13H2,1-3H3,(H,20,23). The Morgan fingerprint density at radius 2 is 1.54 bits per heavy atom. The van der Waals surface area contributed by atoms with Crippen molar-refractivity contribution in [3.63, 3.8) is 0 Å². The zero-order chi connectivity index (χ0) is 19.3. The van der Waals surface area contributed by atoms with Crippen molar-refractivity contribution in [3.05, 3.63) is 59.9 Å². The van der Waals surface area contributed by atoms with Crippen molar-refractivity contribution in [2.45, 2.75) is 0 Å². The number of nitrogens with zero attached hydrogens (tertiary/aromatic N) is 2. The van der Waals surface area contributed by atoms with Crippen LogP contribution in [-0.2, 0) is 10.0 Å². The molecular formula is C18H22FN3O3S. The third kappa shape index (κ3) is 5.19. The zero-order valence-corrected chi connectivity index (χ0v) is 15.8. The first-order valence-corrected chi connectivity index (χ1v) is 9.82. The number of benzene rings is 2. The Balaban J connectivity index is 2.04. The molecule has 26 heavy (non-hydrogen) atoms. The largest absolute Gasteiger partial charge is 0.378 e. The lowest BCUT2D eigenvalue weighted by molar-refractivity contribution is 0.0955. The Kier molecular flexibility index (Phi) is 6.20. The Morgan fingerprint density at radius 1 is 1.00 bits per heavy atom. The minimum Gasteiger partial charge on any atom is -0.378 e. The van der Waals surface area contributed by atoms with Crippen LogP contribution < -0.4 is 14.5 Å². The van der Waals surface area contributed by atoms with E-state index in [2.05, 4.69) is 5.32 Å². The fraction of sp³-hybridized carbons (Fsp3) is 0.278. The van der Waals surface area contributed by atoms with Crippen molar-refractivity contribution in [2.75, 3.05) is 42.6 Å². The van der Waals surface area contributed by atoms with E-state index >= 15 is 0 Å². The van der Waals surface area contributed by atoms with Crippen LogP contribution in [0.15, 0.2) is 48.5 Å². The molecule has 8 heteroatoms. The van der Waals surface area contributed by atoms with E-state index in [1.165, 1.54) is 28.6 Å². The van der Waals surface area contributed by atoms with Gasteiger partial charge in [0.05, 0.1) is 18.5 Å². The molecule has 0 spiro atoms. The van der Waals surface area contributed by atoms with Crippen LogP contribution in [-0.4, -0.2) is 47.8 Å². The highest BCUT2D eigenvalue weighted by atomic mass is 32.2. The van der Waals surface area contributed by atoms with Crippen molar-refractivity contribution < 1.29 is 17.6 Å². The van der Waals surface area contributed by atoms with E-state index in [0.29, 0.717) is 11.3 Å². The minimum atomic E-state index is -3.50. The molecule has 6 nitrogen and oxygen atoms in total. The molecule has 0 bridgehead atoms. The summed E-state index contributed by atoms with van der Waals surface area (Å²) in [5.41, 5.74) is 1.79. The van der Waals surface area contributed by atoms with E-state index in [1.54, 1.807) is 12.1 Å². The van der Waals surface area contributed by atoms with E-state index in [1.807, 2.05) is 31.1 Å². The van der Waals surface area contributed by atoms with Gasteiger partial charge in [-0.25, -0.2) is 12.8 Å². The molecule has 0 aromatic heterocycles. The van der Waals surface area contributed by atoms with Crippen LogP contribution >= 0.6 is 0 Å². The summed E-state index contributed by atoms with van der Waals surface area (Å²) < 4.78 is 38.3. The predicted octanol–water partition coefficient (Wildman–Crippen LogP) is 2.09. The van der Waals surface area contributed by atoms with E-state index in [0.717, 1.165) is 11.9 Å². The van der Waals surface area contributed by atoms with Gasteiger partial charge in [-0.2, -0.15) is 0 Å². The molecule has 2 rings (SSSR count). The lowest BCUT2D eigenvalue weighted by atomic mass is 10.2. The van der Waals surface area contributed by atoms with Crippen molar-refractivity contribution in [2.24, 2.45) is 0 Å². The van der Waals surface area contributed by atoms with Gasteiger partial charge in [0.1, 0.15) is 5.82 Å². The van der Waals surface area contributed by atoms with Crippen molar-refractivity contribution in [1.29, 1.82) is 0 Å². The number of carbonyl (C=O) groups excluding carboxylic acids is 1. The van der Waals surface area contributed by atoms with Crippen LogP contribution in [0.4, 0.5) is 15.8 Å². The van der Waals surface area contributed by atoms with Crippen molar-refractivity contribution >= 4 is 27.3 Å². The van der Waals surface area contributed by atoms with Crippen LogP contribution in [0.25, 0.3) is 0 Å². The fourth-order valence-corrected chi connectivity index (χ4v) is 3.31. The number of hydrogen-bond acceptors (Lipinski definition) is 4. The van der Waals surface area contributed by atoms with Crippen LogP contribution in [0, 0.1) is 5.82 Å². The van der Waals surface area contributed by atoms with Gasteiger partial charge in [0.2, 0.25) is 10.0 Å². The number of halogens is 1. The lowest BCUT2D eigenvalue weighted by Crippen LogP contribution is -2.38. The first-order valence-electron chi connectivity index (χ1n) is 7.97. The van der Waals surface area contributed by atoms with E-state index in [-0.39, 0.29) is 19.0 Å². The van der Waals surface area contributed by atoms with Gasteiger partial charge in [0.25, 0.3) is 5.91 Å². The van der Waals surface area contributed by atoms with Crippen molar-refractivity contribution in [1.82, 2.24) is 5.32 Å². The molecular weight excluding hydrogens is 357 g/mol. The molecule has 0 fully saturated rings. The maximum Gasteiger partial charge on any atom is 0.251 e. The highest BCUT2D eigenvalue weighted by molar-refractivity contribution is 7.92. The van der Waals surface area contributed by atoms with Gasteiger partial charge >= 0.3 is 0 Å². The molecule has 2 aromatic carbocycles. The van der Waals surface area contributed by atoms with Crippen molar-refractivity contribution in [3.8, 4) is 0 Å². The third-order valence-electron chi connectivity index (χ3n) is 3.76. The SMILES string of the molecule is CN(C)c1ccc(N(CCNC(=O)c2ccc(F)cc2)S(C)(=O)=O)cc1. The number of carbonyl (C=O) groups is 1. The van der Waals surface area contributed by atoms with E-state index in [9.17, 15) is 17.6 Å². The number of anilines is 2. The van der Waals surface area contributed by atoms with Crippen LogP contribution in [0.2, 0.25) is 0 Å². The summed E-state index contributed by atoms with van der Waals surface area (Å²) in [6.45, 7) is 0.214. The number of rotatable bonds is 7. The molecule has 1 N–H and O–H groups in total. The highest BCUT2D eigenvalue weighted by Crippen LogP contribution is 2.21. The molecule has 0 saturated carbocycles. The number of nitrogens with one attached hydrogen (secondary N) is 1. The second-order valence-electron chi connectivity index (χ2n) is 6.01. The Hall–Kier alpha value is -2.61. The maximum atomic E-state index is 12.9. The second-order valence-corrected chi connectivity index (χ2v) is 7.92. The summed E-state index contributed by atoms with van der Waals surface area (Å²) in [4.78, 5) is 14.0. The number of hydrogen-bond donors (Lipinski definition) is 1. The third-order valence-corrected chi connectivity index (χ3v) is 4.96. The maximum absolute atomic E-state index is 12.9. The first-order chi connectivity index (χ1) is 12.2. The van der Waals surface area contributed by atoms with Gasteiger partial charge in [-0.1, -0.05) is 0 Å². The lowest BCUT2D eigenvalue weighted by Gasteiger charge is -2.23. The number of sulfonamides is 1. The summed E-state index contributed by atoms with van der Waals surface area (Å²) >= 11 is 0. The van der Waals surface area contributed by atoms with E-state index in [4.69, 9.17) is 0 Å². The molecule has 1 amide bonds. The van der Waals surface area contributed by atoms with Crippen LogP contribution in [0.5, 0.6) is 0 Å². The zero-order valence-electron chi connectivity index (χ0n) is 14.9. The minimum absolute atomic E-state index is 0.0904. The molecule has 0 radical (unpaired) electrons. The molecule has 0 heterocycles. The molecule has 0 saturated heterocycles. The molecule has 0 aliphatic heterocycles. The predicted molar refractivity (Wildman–Crippen MR) is 102 cm³/mol.